The highest BCUT2D eigenvalue weighted by molar-refractivity contribution is 6.04. The number of carbonyl (C=O) groups excluding carboxylic acids is 1. The fraction of sp³-hybridized carbons (Fsp3) is 0. The number of nitrogen functional groups attached to an aromatic ring is 1. The van der Waals surface area contributed by atoms with Crippen molar-refractivity contribution in [2.24, 2.45) is 0 Å². The first kappa shape index (κ1) is 23.0. The lowest BCUT2D eigenvalue weighted by Gasteiger charge is -2.14. The summed E-state index contributed by atoms with van der Waals surface area (Å²) >= 11 is 0. The van der Waals surface area contributed by atoms with E-state index in [2.05, 4.69) is 20.5 Å². The third-order valence-corrected chi connectivity index (χ3v) is 6.23. The second kappa shape index (κ2) is 9.91. The van der Waals surface area contributed by atoms with Crippen molar-refractivity contribution in [3.63, 3.8) is 0 Å². The van der Waals surface area contributed by atoms with Crippen molar-refractivity contribution in [3.05, 3.63) is 121 Å². The van der Waals surface area contributed by atoms with Gasteiger partial charge in [-0.25, -0.2) is 0 Å². The van der Waals surface area contributed by atoms with Crippen LogP contribution in [-0.2, 0) is 0 Å². The van der Waals surface area contributed by atoms with Gasteiger partial charge in [-0.05, 0) is 54.1 Å². The summed E-state index contributed by atoms with van der Waals surface area (Å²) in [5.41, 5.74) is 12.5. The van der Waals surface area contributed by atoms with Crippen molar-refractivity contribution < 1.29 is 9.53 Å². The van der Waals surface area contributed by atoms with Crippen molar-refractivity contribution in [1.82, 2.24) is 15.2 Å². The average Bonchev–Trinajstić information content (AvgIpc) is 3.36. The molecular weight excluding hydrogens is 474 g/mol. The van der Waals surface area contributed by atoms with Gasteiger partial charge in [-0.2, -0.15) is 0 Å². The van der Waals surface area contributed by atoms with Crippen LogP contribution in [0.5, 0.6) is 11.5 Å². The molecular formula is C31H23N5O2. The standard InChI is InChI=1S/C31H23N5O2/c32-30-27-26(20-13-17-25(18-14-20)38-24-9-5-2-6-10-24)19-33-28(29(27)35-36-30)21-11-15-23(16-12-21)34-31(37)22-7-3-1-4-8-22/h1-19,33H,32H2,(H,34,37). The maximum atomic E-state index is 12.5. The normalized spacial score (nSPS) is 10.8. The van der Waals surface area contributed by atoms with E-state index in [9.17, 15) is 4.79 Å². The van der Waals surface area contributed by atoms with E-state index in [0.717, 1.165) is 39.4 Å². The summed E-state index contributed by atoms with van der Waals surface area (Å²) < 4.78 is 5.92. The van der Waals surface area contributed by atoms with E-state index in [4.69, 9.17) is 10.5 Å². The molecule has 6 rings (SSSR count). The molecule has 2 heterocycles. The molecule has 7 nitrogen and oxygen atoms in total. The topological polar surface area (TPSA) is 106 Å². The van der Waals surface area contributed by atoms with Crippen LogP contribution in [0.1, 0.15) is 10.4 Å². The zero-order chi connectivity index (χ0) is 25.9. The Bertz CT molecular complexity index is 1660. The molecule has 38 heavy (non-hydrogen) atoms. The molecule has 0 saturated heterocycles. The van der Waals surface area contributed by atoms with E-state index < -0.39 is 0 Å². The fourth-order valence-electron chi connectivity index (χ4n) is 4.34. The Balaban J connectivity index is 1.26. The number of carbonyl (C=O) groups is 1. The van der Waals surface area contributed by atoms with Gasteiger partial charge in [0.15, 0.2) is 5.82 Å². The fourth-order valence-corrected chi connectivity index (χ4v) is 4.34. The van der Waals surface area contributed by atoms with Gasteiger partial charge in [0.2, 0.25) is 0 Å². The van der Waals surface area contributed by atoms with Crippen LogP contribution < -0.4 is 15.8 Å². The van der Waals surface area contributed by atoms with Gasteiger partial charge in [-0.3, -0.25) is 4.79 Å². The molecule has 7 heteroatoms. The molecule has 2 aliphatic heterocycles. The van der Waals surface area contributed by atoms with Crippen LogP contribution in [0.3, 0.4) is 0 Å². The molecule has 0 unspecified atom stereocenters. The molecule has 4 aromatic rings. The lowest BCUT2D eigenvalue weighted by molar-refractivity contribution is 0.102. The van der Waals surface area contributed by atoms with Gasteiger partial charge in [0.05, 0.1) is 11.3 Å². The van der Waals surface area contributed by atoms with Gasteiger partial charge < -0.3 is 20.8 Å². The second-order valence-corrected chi connectivity index (χ2v) is 8.72. The number of rotatable bonds is 6. The average molecular weight is 498 g/mol. The predicted molar refractivity (Wildman–Crippen MR) is 149 cm³/mol. The van der Waals surface area contributed by atoms with E-state index >= 15 is 0 Å². The van der Waals surface area contributed by atoms with Gasteiger partial charge in [-0.1, -0.05) is 60.7 Å². The maximum Gasteiger partial charge on any atom is 0.255 e. The molecule has 0 spiro atoms. The van der Waals surface area contributed by atoms with Crippen LogP contribution in [0.2, 0.25) is 0 Å². The zero-order valence-corrected chi connectivity index (χ0v) is 20.3. The third-order valence-electron chi connectivity index (χ3n) is 6.23. The Hall–Kier alpha value is -5.43. The largest absolute Gasteiger partial charge is 0.457 e. The molecule has 4 aromatic carbocycles. The molecule has 0 atom stereocenters. The summed E-state index contributed by atoms with van der Waals surface area (Å²) in [5, 5.41) is 11.4. The predicted octanol–water partition coefficient (Wildman–Crippen LogP) is 6.87. The van der Waals surface area contributed by atoms with Gasteiger partial charge in [-0.15, -0.1) is 10.2 Å². The van der Waals surface area contributed by atoms with Crippen molar-refractivity contribution in [3.8, 4) is 45.1 Å². The number of nitrogens with zero attached hydrogens (tertiary/aromatic N) is 2. The van der Waals surface area contributed by atoms with Crippen LogP contribution in [0.25, 0.3) is 33.6 Å². The number of ether oxygens (including phenoxy) is 1. The number of aromatic nitrogens is 3. The molecule has 0 saturated carbocycles. The van der Waals surface area contributed by atoms with Gasteiger partial charge in [0.25, 0.3) is 5.91 Å². The Kier molecular flexibility index (Phi) is 6.00. The van der Waals surface area contributed by atoms with E-state index in [1.807, 2.05) is 103 Å². The summed E-state index contributed by atoms with van der Waals surface area (Å²) in [4.78, 5) is 15.8. The number of nitrogens with one attached hydrogen (secondary N) is 2. The van der Waals surface area contributed by atoms with E-state index in [1.54, 1.807) is 12.1 Å². The molecule has 0 aliphatic carbocycles. The Morgan fingerprint density at radius 2 is 1.37 bits per heavy atom. The number of para-hydroxylation sites is 1. The van der Waals surface area contributed by atoms with Crippen LogP contribution in [0.4, 0.5) is 11.5 Å². The Labute approximate surface area is 219 Å². The third kappa shape index (κ3) is 4.56. The monoisotopic (exact) mass is 497 g/mol. The lowest BCUT2D eigenvalue weighted by atomic mass is 9.96. The first-order valence-electron chi connectivity index (χ1n) is 12.1. The van der Waals surface area contributed by atoms with Crippen LogP contribution >= 0.6 is 0 Å². The SMILES string of the molecule is Nc1nnc2c(-c3ccc(NC(=O)c4ccccc4)cc3)[nH]cc(-c3ccc(Oc4ccccc4)cc3)c1-2. The van der Waals surface area contributed by atoms with E-state index in [-0.39, 0.29) is 5.91 Å². The highest BCUT2D eigenvalue weighted by Gasteiger charge is 2.22. The first-order valence-corrected chi connectivity index (χ1v) is 12.1. The minimum absolute atomic E-state index is 0.161. The van der Waals surface area contributed by atoms with Crippen molar-refractivity contribution in [2.75, 3.05) is 11.1 Å². The second-order valence-electron chi connectivity index (χ2n) is 8.72. The quantitative estimate of drug-likeness (QED) is 0.233. The molecule has 0 bridgehead atoms. The molecule has 0 aromatic heterocycles. The Morgan fingerprint density at radius 1 is 0.737 bits per heavy atom. The highest BCUT2D eigenvalue weighted by Crippen LogP contribution is 2.41. The number of hydrogen-bond acceptors (Lipinski definition) is 5. The lowest BCUT2D eigenvalue weighted by Crippen LogP contribution is -2.11. The molecule has 1 amide bonds. The summed E-state index contributed by atoms with van der Waals surface area (Å²) in [6.07, 6.45) is 1.91. The van der Waals surface area contributed by atoms with Crippen LogP contribution in [0, 0.1) is 0 Å². The number of anilines is 2. The summed E-state index contributed by atoms with van der Waals surface area (Å²) in [5.74, 6) is 1.72. The number of H-pyrrole nitrogens is 1. The maximum absolute atomic E-state index is 12.5. The summed E-state index contributed by atoms with van der Waals surface area (Å²) in [7, 11) is 0. The Morgan fingerprint density at radius 3 is 2.08 bits per heavy atom. The molecule has 4 N–H and O–H groups in total. The number of fused-ring (bicyclic) bond motifs is 1. The smallest absolute Gasteiger partial charge is 0.255 e. The highest BCUT2D eigenvalue weighted by atomic mass is 16.5. The van der Waals surface area contributed by atoms with Crippen molar-refractivity contribution in [2.45, 2.75) is 0 Å². The van der Waals surface area contributed by atoms with Gasteiger partial charge in [0, 0.05) is 28.6 Å². The number of aromatic amines is 1. The van der Waals surface area contributed by atoms with E-state index in [1.165, 1.54) is 0 Å². The van der Waals surface area contributed by atoms with Gasteiger partial charge >= 0.3 is 0 Å². The number of amides is 1. The molecule has 0 radical (unpaired) electrons. The molecule has 184 valence electrons. The number of pyridine rings is 1. The minimum Gasteiger partial charge on any atom is -0.457 e. The van der Waals surface area contributed by atoms with Crippen LogP contribution in [0.15, 0.2) is 115 Å². The number of nitrogens with two attached hydrogens (primary N) is 1. The summed E-state index contributed by atoms with van der Waals surface area (Å²) in [6, 6.07) is 34.1. The zero-order valence-electron chi connectivity index (χ0n) is 20.3. The van der Waals surface area contributed by atoms with Crippen molar-refractivity contribution >= 4 is 17.4 Å². The minimum atomic E-state index is -0.161. The number of benzene rings is 4. The van der Waals surface area contributed by atoms with Crippen molar-refractivity contribution in [1.29, 1.82) is 0 Å². The van der Waals surface area contributed by atoms with Gasteiger partial charge in [0.1, 0.15) is 17.2 Å². The molecule has 0 fully saturated rings. The first-order chi connectivity index (χ1) is 18.7. The van der Waals surface area contributed by atoms with Crippen LogP contribution in [-0.4, -0.2) is 21.1 Å². The summed E-state index contributed by atoms with van der Waals surface area (Å²) in [6.45, 7) is 0. The van der Waals surface area contributed by atoms with E-state index in [0.29, 0.717) is 22.8 Å². The number of hydrogen-bond donors (Lipinski definition) is 3. The molecule has 2 aliphatic rings.